The molecule has 0 aromatic heterocycles. The van der Waals surface area contributed by atoms with Crippen LogP contribution in [0.2, 0.25) is 0 Å². The van der Waals surface area contributed by atoms with Crippen LogP contribution in [0.15, 0.2) is 0 Å². The first kappa shape index (κ1) is 17.5. The van der Waals surface area contributed by atoms with Crippen LogP contribution >= 0.6 is 11.8 Å². The Morgan fingerprint density at radius 3 is 2.57 bits per heavy atom. The van der Waals surface area contributed by atoms with Crippen molar-refractivity contribution in [1.82, 2.24) is 9.03 Å². The van der Waals surface area contributed by atoms with Gasteiger partial charge in [0.2, 0.25) is 0 Å². The second-order valence-electron chi connectivity index (χ2n) is 6.27. The summed E-state index contributed by atoms with van der Waals surface area (Å²) in [7, 11) is -3.40. The fourth-order valence-corrected chi connectivity index (χ4v) is 6.06. The summed E-state index contributed by atoms with van der Waals surface area (Å²) in [4.78, 5) is 0. The maximum atomic E-state index is 12.6. The highest BCUT2D eigenvalue weighted by Gasteiger charge is 2.36. The summed E-state index contributed by atoms with van der Waals surface area (Å²) in [5, 5.41) is 0. The molecule has 1 saturated heterocycles. The molecule has 1 aliphatic carbocycles. The van der Waals surface area contributed by atoms with Crippen LogP contribution in [-0.4, -0.2) is 49.4 Å². The van der Waals surface area contributed by atoms with E-state index in [2.05, 4.69) is 11.0 Å². The molecule has 124 valence electrons. The Bertz CT molecular complexity index is 422. The SMILES string of the molecule is CSC1(CNS(=O)(=O)N2CCCCC2CN)CCCCC1. The zero-order chi connectivity index (χ0) is 15.3. The van der Waals surface area contributed by atoms with Crippen molar-refractivity contribution in [3.8, 4) is 0 Å². The molecular weight excluding hydrogens is 306 g/mol. The van der Waals surface area contributed by atoms with E-state index in [0.717, 1.165) is 32.1 Å². The normalized spacial score (nSPS) is 27.6. The van der Waals surface area contributed by atoms with Crippen molar-refractivity contribution in [3.63, 3.8) is 0 Å². The fourth-order valence-electron chi connectivity index (χ4n) is 3.48. The van der Waals surface area contributed by atoms with Crippen molar-refractivity contribution in [3.05, 3.63) is 0 Å². The summed E-state index contributed by atoms with van der Waals surface area (Å²) in [6.07, 6.45) is 10.9. The van der Waals surface area contributed by atoms with Crippen molar-refractivity contribution >= 4 is 22.0 Å². The van der Waals surface area contributed by atoms with Crippen LogP contribution in [0.1, 0.15) is 51.4 Å². The zero-order valence-corrected chi connectivity index (χ0v) is 14.6. The topological polar surface area (TPSA) is 75.4 Å². The summed E-state index contributed by atoms with van der Waals surface area (Å²) in [6, 6.07) is -0.0344. The van der Waals surface area contributed by atoms with E-state index in [-0.39, 0.29) is 10.8 Å². The average Bonchev–Trinajstić information content (AvgIpc) is 2.54. The molecule has 21 heavy (non-hydrogen) atoms. The molecule has 1 saturated carbocycles. The summed E-state index contributed by atoms with van der Waals surface area (Å²) in [5.74, 6) is 0. The van der Waals surface area contributed by atoms with Gasteiger partial charge in [-0.15, -0.1) is 0 Å². The number of nitrogens with zero attached hydrogens (tertiary/aromatic N) is 1. The molecule has 7 heteroatoms. The number of rotatable bonds is 6. The summed E-state index contributed by atoms with van der Waals surface area (Å²) >= 11 is 1.82. The summed E-state index contributed by atoms with van der Waals surface area (Å²) in [6.45, 7) is 1.56. The molecule has 0 aromatic rings. The number of hydrogen-bond donors (Lipinski definition) is 2. The van der Waals surface area contributed by atoms with Gasteiger partial charge in [-0.3, -0.25) is 0 Å². The number of nitrogens with one attached hydrogen (secondary N) is 1. The molecule has 0 radical (unpaired) electrons. The molecular formula is C14H29N3O2S2. The third-order valence-corrected chi connectivity index (χ3v) is 7.95. The van der Waals surface area contributed by atoms with E-state index in [9.17, 15) is 8.42 Å². The second kappa shape index (κ2) is 7.64. The van der Waals surface area contributed by atoms with Gasteiger partial charge in [0.15, 0.2) is 0 Å². The van der Waals surface area contributed by atoms with Crippen LogP contribution in [0, 0.1) is 0 Å². The van der Waals surface area contributed by atoms with E-state index in [1.165, 1.54) is 19.3 Å². The Morgan fingerprint density at radius 1 is 1.24 bits per heavy atom. The monoisotopic (exact) mass is 335 g/mol. The quantitative estimate of drug-likeness (QED) is 0.775. The van der Waals surface area contributed by atoms with Crippen LogP contribution in [0.25, 0.3) is 0 Å². The van der Waals surface area contributed by atoms with Crippen LogP contribution in [0.4, 0.5) is 0 Å². The van der Waals surface area contributed by atoms with Crippen molar-refractivity contribution < 1.29 is 8.42 Å². The summed E-state index contributed by atoms with van der Waals surface area (Å²) < 4.78 is 29.8. The second-order valence-corrected chi connectivity index (χ2v) is 9.25. The van der Waals surface area contributed by atoms with Gasteiger partial charge >= 0.3 is 0 Å². The van der Waals surface area contributed by atoms with Crippen LogP contribution in [-0.2, 0) is 10.2 Å². The third-order valence-electron chi connectivity index (χ3n) is 4.93. The molecule has 2 rings (SSSR count). The molecule has 0 aromatic carbocycles. The van der Waals surface area contributed by atoms with Crippen LogP contribution in [0.3, 0.4) is 0 Å². The Balaban J connectivity index is 1.99. The predicted molar refractivity (Wildman–Crippen MR) is 89.7 cm³/mol. The molecule has 0 bridgehead atoms. The van der Waals surface area contributed by atoms with Gasteiger partial charge in [-0.05, 0) is 31.9 Å². The van der Waals surface area contributed by atoms with Gasteiger partial charge in [0.25, 0.3) is 10.2 Å². The minimum absolute atomic E-state index is 0.0344. The minimum atomic E-state index is -3.40. The van der Waals surface area contributed by atoms with Crippen LogP contribution in [0.5, 0.6) is 0 Å². The number of hydrogen-bond acceptors (Lipinski definition) is 4. The molecule has 3 N–H and O–H groups in total. The predicted octanol–water partition coefficient (Wildman–Crippen LogP) is 1.70. The van der Waals surface area contributed by atoms with Crippen molar-refractivity contribution in [2.24, 2.45) is 5.73 Å². The maximum Gasteiger partial charge on any atom is 0.279 e. The molecule has 1 heterocycles. The highest BCUT2D eigenvalue weighted by atomic mass is 32.2. The minimum Gasteiger partial charge on any atom is -0.329 e. The Morgan fingerprint density at radius 2 is 1.95 bits per heavy atom. The molecule has 5 nitrogen and oxygen atoms in total. The van der Waals surface area contributed by atoms with Gasteiger partial charge in [-0.2, -0.15) is 24.5 Å². The number of thioether (sulfide) groups is 1. The van der Waals surface area contributed by atoms with Gasteiger partial charge in [-0.25, -0.2) is 4.72 Å². The lowest BCUT2D eigenvalue weighted by Gasteiger charge is -2.38. The van der Waals surface area contributed by atoms with Gasteiger partial charge in [-0.1, -0.05) is 25.7 Å². The third kappa shape index (κ3) is 4.34. The van der Waals surface area contributed by atoms with Crippen molar-refractivity contribution in [1.29, 1.82) is 0 Å². The fraction of sp³-hybridized carbons (Fsp3) is 1.00. The van der Waals surface area contributed by atoms with E-state index < -0.39 is 10.2 Å². The number of piperidine rings is 1. The largest absolute Gasteiger partial charge is 0.329 e. The Kier molecular flexibility index (Phi) is 6.38. The highest BCUT2D eigenvalue weighted by Crippen LogP contribution is 2.38. The van der Waals surface area contributed by atoms with E-state index in [0.29, 0.717) is 19.6 Å². The lowest BCUT2D eigenvalue weighted by molar-refractivity contribution is 0.253. The maximum absolute atomic E-state index is 12.6. The molecule has 2 fully saturated rings. The molecule has 1 atom stereocenters. The average molecular weight is 336 g/mol. The molecule has 0 amide bonds. The first-order chi connectivity index (χ1) is 10.0. The van der Waals surface area contributed by atoms with Gasteiger partial charge < -0.3 is 5.73 Å². The van der Waals surface area contributed by atoms with Crippen molar-refractivity contribution in [2.75, 3.05) is 25.9 Å². The molecule has 1 aliphatic heterocycles. The zero-order valence-electron chi connectivity index (χ0n) is 13.0. The summed E-state index contributed by atoms with van der Waals surface area (Å²) in [5.41, 5.74) is 5.74. The van der Waals surface area contributed by atoms with Crippen molar-refractivity contribution in [2.45, 2.75) is 62.2 Å². The molecule has 2 aliphatic rings. The van der Waals surface area contributed by atoms with E-state index in [1.807, 2.05) is 11.8 Å². The smallest absolute Gasteiger partial charge is 0.279 e. The van der Waals surface area contributed by atoms with E-state index >= 15 is 0 Å². The highest BCUT2D eigenvalue weighted by molar-refractivity contribution is 8.00. The van der Waals surface area contributed by atoms with E-state index in [1.54, 1.807) is 4.31 Å². The van der Waals surface area contributed by atoms with Gasteiger partial charge in [0, 0.05) is 30.4 Å². The number of nitrogens with two attached hydrogens (primary N) is 1. The molecule has 0 spiro atoms. The van der Waals surface area contributed by atoms with Gasteiger partial charge in [0.1, 0.15) is 0 Å². The Hall–Kier alpha value is 0.180. The van der Waals surface area contributed by atoms with E-state index in [4.69, 9.17) is 5.73 Å². The first-order valence-corrected chi connectivity index (χ1v) is 10.7. The Labute approximate surface area is 133 Å². The lowest BCUT2D eigenvalue weighted by Crippen LogP contribution is -2.54. The lowest BCUT2D eigenvalue weighted by atomic mass is 9.88. The molecule has 1 unspecified atom stereocenters. The van der Waals surface area contributed by atoms with Crippen LogP contribution < -0.4 is 10.5 Å². The standard InChI is InChI=1S/C14H29N3O2S2/c1-20-14(8-4-2-5-9-14)12-16-21(18,19)17-10-6-3-7-13(17)11-15/h13,16H,2-12,15H2,1H3. The first-order valence-electron chi connectivity index (χ1n) is 8.05. The van der Waals surface area contributed by atoms with Gasteiger partial charge in [0.05, 0.1) is 0 Å².